The van der Waals surface area contributed by atoms with Crippen LogP contribution in [0.25, 0.3) is 11.3 Å². The van der Waals surface area contributed by atoms with E-state index >= 15 is 0 Å². The summed E-state index contributed by atoms with van der Waals surface area (Å²) in [5.41, 5.74) is 2.81. The van der Waals surface area contributed by atoms with Gasteiger partial charge in [-0.15, -0.1) is 0 Å². The summed E-state index contributed by atoms with van der Waals surface area (Å²) in [5, 5.41) is 4.37. The molecule has 1 aromatic heterocycles. The van der Waals surface area contributed by atoms with E-state index in [0.717, 1.165) is 35.5 Å². The van der Waals surface area contributed by atoms with E-state index < -0.39 is 0 Å². The molecule has 0 spiro atoms. The van der Waals surface area contributed by atoms with Crippen molar-refractivity contribution in [3.05, 3.63) is 35.9 Å². The summed E-state index contributed by atoms with van der Waals surface area (Å²) >= 11 is 0. The van der Waals surface area contributed by atoms with E-state index in [2.05, 4.69) is 37.8 Å². The van der Waals surface area contributed by atoms with Crippen LogP contribution in [0.3, 0.4) is 0 Å². The second kappa shape index (κ2) is 7.52. The Bertz CT molecular complexity index is 748. The van der Waals surface area contributed by atoms with E-state index in [0.29, 0.717) is 6.54 Å². The summed E-state index contributed by atoms with van der Waals surface area (Å²) < 4.78 is 5.75. The number of hydrogen-bond donors (Lipinski definition) is 0. The second-order valence-electron chi connectivity index (χ2n) is 7.72. The fourth-order valence-corrected chi connectivity index (χ4v) is 3.03. The van der Waals surface area contributed by atoms with Gasteiger partial charge in [-0.1, -0.05) is 35.5 Å². The van der Waals surface area contributed by atoms with Gasteiger partial charge < -0.3 is 14.3 Å². The summed E-state index contributed by atoms with van der Waals surface area (Å²) in [6.07, 6.45) is 2.02. The molecule has 1 aromatic carbocycles. The van der Waals surface area contributed by atoms with E-state index in [4.69, 9.17) is 4.52 Å². The zero-order chi connectivity index (χ0) is 18.8. The fourth-order valence-electron chi connectivity index (χ4n) is 3.03. The van der Waals surface area contributed by atoms with E-state index in [9.17, 15) is 4.79 Å². The lowest BCUT2D eigenvalue weighted by Crippen LogP contribution is -2.38. The maximum absolute atomic E-state index is 12.8. The minimum absolute atomic E-state index is 0.138. The minimum Gasteiger partial charge on any atom is -0.341 e. The van der Waals surface area contributed by atoms with Crippen molar-refractivity contribution >= 4 is 11.8 Å². The molecule has 1 heterocycles. The van der Waals surface area contributed by atoms with Crippen LogP contribution in [-0.4, -0.2) is 35.1 Å². The molecule has 5 nitrogen and oxygen atoms in total. The first-order chi connectivity index (χ1) is 12.4. The van der Waals surface area contributed by atoms with Gasteiger partial charge >= 0.3 is 0 Å². The van der Waals surface area contributed by atoms with Gasteiger partial charge in [-0.25, -0.2) is 0 Å². The number of amides is 1. The van der Waals surface area contributed by atoms with Crippen molar-refractivity contribution in [2.75, 3.05) is 11.9 Å². The van der Waals surface area contributed by atoms with Crippen LogP contribution in [0.4, 0.5) is 5.88 Å². The van der Waals surface area contributed by atoms with Crippen LogP contribution in [0.5, 0.6) is 0 Å². The molecule has 0 atom stereocenters. The quantitative estimate of drug-likeness (QED) is 0.741. The molecular weight excluding hydrogens is 326 g/mol. The van der Waals surface area contributed by atoms with Crippen molar-refractivity contribution in [2.45, 2.75) is 59.2 Å². The third kappa shape index (κ3) is 3.76. The Morgan fingerprint density at radius 1 is 1.15 bits per heavy atom. The Morgan fingerprint density at radius 3 is 2.35 bits per heavy atom. The smallest absolute Gasteiger partial charge is 0.232 e. The van der Waals surface area contributed by atoms with Crippen LogP contribution >= 0.6 is 0 Å². The molecule has 26 heavy (non-hydrogen) atoms. The summed E-state index contributed by atoms with van der Waals surface area (Å²) in [6.45, 7) is 8.89. The number of benzene rings is 1. The van der Waals surface area contributed by atoms with Crippen molar-refractivity contribution in [3.63, 3.8) is 0 Å². The van der Waals surface area contributed by atoms with E-state index in [1.54, 1.807) is 0 Å². The Labute approximate surface area is 156 Å². The molecule has 1 aliphatic rings. The largest absolute Gasteiger partial charge is 0.341 e. The molecule has 1 amide bonds. The van der Waals surface area contributed by atoms with Crippen molar-refractivity contribution in [1.82, 2.24) is 10.1 Å². The van der Waals surface area contributed by atoms with Crippen LogP contribution < -0.4 is 4.90 Å². The highest BCUT2D eigenvalue weighted by molar-refractivity contribution is 5.82. The molecule has 5 heteroatoms. The molecule has 1 aliphatic carbocycles. The van der Waals surface area contributed by atoms with Crippen molar-refractivity contribution in [2.24, 2.45) is 5.92 Å². The molecule has 0 bridgehead atoms. The number of aromatic nitrogens is 1. The molecule has 1 fully saturated rings. The van der Waals surface area contributed by atoms with Crippen LogP contribution in [0.1, 0.15) is 46.1 Å². The highest BCUT2D eigenvalue weighted by atomic mass is 16.5. The number of anilines is 1. The maximum Gasteiger partial charge on any atom is 0.232 e. The molecule has 0 saturated heterocycles. The van der Waals surface area contributed by atoms with E-state index in [1.165, 1.54) is 0 Å². The summed E-state index contributed by atoms with van der Waals surface area (Å²) in [5.74, 6) is 1.19. The molecule has 0 radical (unpaired) electrons. The predicted octanol–water partition coefficient (Wildman–Crippen LogP) is 4.33. The summed E-state index contributed by atoms with van der Waals surface area (Å²) in [6, 6.07) is 10.5. The lowest BCUT2D eigenvalue weighted by atomic mass is 10.1. The van der Waals surface area contributed by atoms with Gasteiger partial charge in [-0.3, -0.25) is 4.79 Å². The van der Waals surface area contributed by atoms with Gasteiger partial charge in [-0.05, 0) is 40.5 Å². The lowest BCUT2D eigenvalue weighted by Gasteiger charge is -2.28. The third-order valence-corrected chi connectivity index (χ3v) is 5.07. The van der Waals surface area contributed by atoms with Crippen molar-refractivity contribution in [3.8, 4) is 11.3 Å². The molecular formula is C21H29N3O2. The Kier molecular flexibility index (Phi) is 5.35. The van der Waals surface area contributed by atoms with Gasteiger partial charge in [0, 0.05) is 30.6 Å². The Hall–Kier alpha value is -2.30. The Morgan fingerprint density at radius 2 is 1.81 bits per heavy atom. The normalized spacial score (nSPS) is 14.1. The zero-order valence-electron chi connectivity index (χ0n) is 16.4. The highest BCUT2D eigenvalue weighted by Crippen LogP contribution is 2.36. The van der Waals surface area contributed by atoms with Crippen LogP contribution in [0.15, 0.2) is 34.9 Å². The number of rotatable bonds is 7. The van der Waals surface area contributed by atoms with Gasteiger partial charge in [0.1, 0.15) is 5.69 Å². The average Bonchev–Trinajstić information content (AvgIpc) is 3.39. The fraction of sp³-hybridized carbons (Fsp3) is 0.524. The van der Waals surface area contributed by atoms with Crippen molar-refractivity contribution < 1.29 is 9.32 Å². The number of carbonyl (C=O) groups is 1. The Balaban J connectivity index is 2.01. The average molecular weight is 355 g/mol. The lowest BCUT2D eigenvalue weighted by molar-refractivity contribution is -0.134. The first-order valence-corrected chi connectivity index (χ1v) is 9.47. The standard InChI is InChI=1S/C21H29N3O2/c1-14(2)23(5)21-18(13-24(15(3)4)20(25)17-11-12-17)19(22-26-21)16-9-7-6-8-10-16/h6-10,14-15,17H,11-13H2,1-5H3. The molecule has 140 valence electrons. The minimum atomic E-state index is 0.138. The van der Waals surface area contributed by atoms with Crippen LogP contribution in [0, 0.1) is 5.92 Å². The second-order valence-corrected chi connectivity index (χ2v) is 7.72. The first kappa shape index (κ1) is 18.5. The molecule has 2 aromatic rings. The van der Waals surface area contributed by atoms with Crippen molar-refractivity contribution in [1.29, 1.82) is 0 Å². The zero-order valence-corrected chi connectivity index (χ0v) is 16.4. The first-order valence-electron chi connectivity index (χ1n) is 9.47. The number of nitrogens with zero attached hydrogens (tertiary/aromatic N) is 3. The van der Waals surface area contributed by atoms with Gasteiger partial charge in [0.15, 0.2) is 0 Å². The molecule has 0 N–H and O–H groups in total. The number of carbonyl (C=O) groups excluding carboxylic acids is 1. The molecule has 0 aliphatic heterocycles. The SMILES string of the molecule is CC(C)N(Cc1c(-c2ccccc2)noc1N(C)C(C)C)C(=O)C1CC1. The summed E-state index contributed by atoms with van der Waals surface area (Å²) in [4.78, 5) is 16.8. The van der Waals surface area contributed by atoms with Crippen LogP contribution in [0.2, 0.25) is 0 Å². The topological polar surface area (TPSA) is 49.6 Å². The summed E-state index contributed by atoms with van der Waals surface area (Å²) in [7, 11) is 2.01. The maximum atomic E-state index is 12.8. The van der Waals surface area contributed by atoms with Gasteiger partial charge in [-0.2, -0.15) is 0 Å². The van der Waals surface area contributed by atoms with Gasteiger partial charge in [0.05, 0.1) is 12.1 Å². The van der Waals surface area contributed by atoms with E-state index in [1.807, 2.05) is 42.3 Å². The molecule has 1 saturated carbocycles. The van der Waals surface area contributed by atoms with E-state index in [-0.39, 0.29) is 23.9 Å². The predicted molar refractivity (Wildman–Crippen MR) is 104 cm³/mol. The van der Waals surface area contributed by atoms with Gasteiger partial charge in [0.2, 0.25) is 11.8 Å². The van der Waals surface area contributed by atoms with Gasteiger partial charge in [0.25, 0.3) is 0 Å². The monoisotopic (exact) mass is 355 g/mol. The highest BCUT2D eigenvalue weighted by Gasteiger charge is 2.36. The molecule has 3 rings (SSSR count). The third-order valence-electron chi connectivity index (χ3n) is 5.07. The van der Waals surface area contributed by atoms with Crippen LogP contribution in [-0.2, 0) is 11.3 Å². The molecule has 0 unspecified atom stereocenters. The number of hydrogen-bond acceptors (Lipinski definition) is 4.